The van der Waals surface area contributed by atoms with Gasteiger partial charge in [-0.25, -0.2) is 4.98 Å². The number of imidazole rings is 1. The third-order valence-corrected chi connectivity index (χ3v) is 2.53. The number of aryl methyl sites for hydroxylation is 2. The molecule has 1 N–H and O–H groups in total. The molecule has 0 aromatic carbocycles. The molecule has 0 saturated heterocycles. The van der Waals surface area contributed by atoms with E-state index in [1.807, 2.05) is 6.92 Å². The first kappa shape index (κ1) is 9.78. The zero-order chi connectivity index (χ0) is 8.97. The van der Waals surface area contributed by atoms with Crippen LogP contribution in [-0.2, 0) is 6.42 Å². The number of nitrogens with zero attached hydrogens (tertiary/aromatic N) is 1. The first-order valence-corrected chi connectivity index (χ1v) is 5.24. The Bertz CT molecular complexity index is 243. The lowest BCUT2D eigenvalue weighted by atomic mass is 10.2. The van der Waals surface area contributed by atoms with Gasteiger partial charge < -0.3 is 4.98 Å². The number of nitrogens with one attached hydrogen (secondary N) is 1. The van der Waals surface area contributed by atoms with Gasteiger partial charge in [0.25, 0.3) is 0 Å². The molecule has 68 valence electrons. The molecule has 2 nitrogen and oxygen atoms in total. The van der Waals surface area contributed by atoms with Crippen molar-refractivity contribution < 1.29 is 0 Å². The Kier molecular flexibility index (Phi) is 3.79. The SMILES string of the molecule is CCCCCc1[nH]c(C)nc1Br. The Balaban J connectivity index is 2.45. The summed E-state index contributed by atoms with van der Waals surface area (Å²) in [7, 11) is 0. The van der Waals surface area contributed by atoms with Crippen LogP contribution in [0.15, 0.2) is 4.60 Å². The van der Waals surface area contributed by atoms with E-state index in [4.69, 9.17) is 0 Å². The van der Waals surface area contributed by atoms with Gasteiger partial charge in [0.15, 0.2) is 0 Å². The average molecular weight is 231 g/mol. The molecular formula is C9H15BrN2. The maximum atomic E-state index is 4.25. The van der Waals surface area contributed by atoms with Crippen molar-refractivity contribution in [3.63, 3.8) is 0 Å². The minimum atomic E-state index is 0.983. The first-order chi connectivity index (χ1) is 5.74. The van der Waals surface area contributed by atoms with Gasteiger partial charge in [-0.2, -0.15) is 0 Å². The summed E-state index contributed by atoms with van der Waals surface area (Å²) in [6.07, 6.45) is 4.92. The lowest BCUT2D eigenvalue weighted by Gasteiger charge is -1.96. The van der Waals surface area contributed by atoms with Gasteiger partial charge in [0, 0.05) is 5.69 Å². The molecule has 1 aromatic rings. The van der Waals surface area contributed by atoms with Gasteiger partial charge in [-0.3, -0.25) is 0 Å². The van der Waals surface area contributed by atoms with E-state index in [1.165, 1.54) is 25.0 Å². The van der Waals surface area contributed by atoms with Gasteiger partial charge in [-0.15, -0.1) is 0 Å². The number of aromatic amines is 1. The smallest absolute Gasteiger partial charge is 0.127 e. The molecule has 0 amide bonds. The van der Waals surface area contributed by atoms with Crippen LogP contribution in [0, 0.1) is 6.92 Å². The van der Waals surface area contributed by atoms with Gasteiger partial charge in [0.2, 0.25) is 0 Å². The molecular weight excluding hydrogens is 216 g/mol. The van der Waals surface area contributed by atoms with Gasteiger partial charge in [0.1, 0.15) is 10.4 Å². The van der Waals surface area contributed by atoms with Crippen molar-refractivity contribution in [2.24, 2.45) is 0 Å². The minimum Gasteiger partial charge on any atom is -0.345 e. The molecule has 12 heavy (non-hydrogen) atoms. The maximum absolute atomic E-state index is 4.25. The third-order valence-electron chi connectivity index (χ3n) is 1.88. The van der Waals surface area contributed by atoms with E-state index in [2.05, 4.69) is 32.8 Å². The highest BCUT2D eigenvalue weighted by Crippen LogP contribution is 2.15. The van der Waals surface area contributed by atoms with Crippen molar-refractivity contribution >= 4 is 15.9 Å². The molecule has 0 spiro atoms. The quantitative estimate of drug-likeness (QED) is 0.792. The maximum Gasteiger partial charge on any atom is 0.127 e. The van der Waals surface area contributed by atoms with Gasteiger partial charge >= 0.3 is 0 Å². The van der Waals surface area contributed by atoms with Gasteiger partial charge in [-0.1, -0.05) is 19.8 Å². The summed E-state index contributed by atoms with van der Waals surface area (Å²) in [6, 6.07) is 0. The summed E-state index contributed by atoms with van der Waals surface area (Å²) in [4.78, 5) is 7.50. The fourth-order valence-electron chi connectivity index (χ4n) is 1.23. The predicted molar refractivity (Wildman–Crippen MR) is 54.3 cm³/mol. The monoisotopic (exact) mass is 230 g/mol. The highest BCUT2D eigenvalue weighted by molar-refractivity contribution is 9.10. The van der Waals surface area contributed by atoms with E-state index in [-0.39, 0.29) is 0 Å². The van der Waals surface area contributed by atoms with Crippen LogP contribution < -0.4 is 0 Å². The van der Waals surface area contributed by atoms with Crippen LogP contribution in [0.4, 0.5) is 0 Å². The number of H-pyrrole nitrogens is 1. The first-order valence-electron chi connectivity index (χ1n) is 4.45. The van der Waals surface area contributed by atoms with E-state index in [0.29, 0.717) is 0 Å². The Morgan fingerprint density at radius 1 is 1.42 bits per heavy atom. The van der Waals surface area contributed by atoms with E-state index in [0.717, 1.165) is 16.8 Å². The Morgan fingerprint density at radius 2 is 2.17 bits per heavy atom. The Labute approximate surface area is 81.9 Å². The van der Waals surface area contributed by atoms with Crippen LogP contribution in [0.5, 0.6) is 0 Å². The number of unbranched alkanes of at least 4 members (excludes halogenated alkanes) is 2. The second-order valence-electron chi connectivity index (χ2n) is 3.05. The van der Waals surface area contributed by atoms with Crippen molar-refractivity contribution in [3.8, 4) is 0 Å². The van der Waals surface area contributed by atoms with Crippen molar-refractivity contribution in [1.29, 1.82) is 0 Å². The van der Waals surface area contributed by atoms with Crippen LogP contribution in [0.3, 0.4) is 0 Å². The van der Waals surface area contributed by atoms with Gasteiger partial charge in [-0.05, 0) is 35.7 Å². The molecule has 0 saturated carbocycles. The highest BCUT2D eigenvalue weighted by atomic mass is 79.9. The van der Waals surface area contributed by atoms with E-state index in [9.17, 15) is 0 Å². The van der Waals surface area contributed by atoms with Gasteiger partial charge in [0.05, 0.1) is 0 Å². The van der Waals surface area contributed by atoms with Crippen LogP contribution in [0.2, 0.25) is 0 Å². The number of halogens is 1. The standard InChI is InChI=1S/C9H15BrN2/c1-3-4-5-6-8-9(10)12-7(2)11-8/h3-6H2,1-2H3,(H,11,12). The molecule has 0 aliphatic rings. The second-order valence-corrected chi connectivity index (χ2v) is 3.80. The lowest BCUT2D eigenvalue weighted by Crippen LogP contribution is -1.86. The topological polar surface area (TPSA) is 28.7 Å². The van der Waals surface area contributed by atoms with Crippen LogP contribution >= 0.6 is 15.9 Å². The van der Waals surface area contributed by atoms with Crippen molar-refractivity contribution in [2.75, 3.05) is 0 Å². The number of rotatable bonds is 4. The van der Waals surface area contributed by atoms with E-state index >= 15 is 0 Å². The average Bonchev–Trinajstić information content (AvgIpc) is 2.31. The summed E-state index contributed by atoms with van der Waals surface area (Å²) in [5.74, 6) is 0.994. The van der Waals surface area contributed by atoms with Crippen molar-refractivity contribution in [2.45, 2.75) is 39.5 Å². The normalized spacial score (nSPS) is 10.6. The second kappa shape index (κ2) is 4.65. The Hall–Kier alpha value is -0.310. The molecule has 0 aliphatic carbocycles. The molecule has 0 aliphatic heterocycles. The predicted octanol–water partition coefficient (Wildman–Crippen LogP) is 3.21. The fourth-order valence-corrected chi connectivity index (χ4v) is 1.79. The minimum absolute atomic E-state index is 0.983. The molecule has 1 heterocycles. The number of hydrogen-bond donors (Lipinski definition) is 1. The van der Waals surface area contributed by atoms with Crippen LogP contribution in [0.1, 0.15) is 37.7 Å². The summed E-state index contributed by atoms with van der Waals surface area (Å²) >= 11 is 3.43. The summed E-state index contributed by atoms with van der Waals surface area (Å²) in [5.41, 5.74) is 1.24. The zero-order valence-electron chi connectivity index (χ0n) is 7.65. The summed E-state index contributed by atoms with van der Waals surface area (Å²) in [5, 5.41) is 0. The Morgan fingerprint density at radius 3 is 2.67 bits per heavy atom. The molecule has 1 rings (SSSR count). The van der Waals surface area contributed by atoms with E-state index in [1.54, 1.807) is 0 Å². The third kappa shape index (κ3) is 2.63. The van der Waals surface area contributed by atoms with Crippen LogP contribution in [-0.4, -0.2) is 9.97 Å². The summed E-state index contributed by atoms with van der Waals surface area (Å²) < 4.78 is 0.983. The van der Waals surface area contributed by atoms with E-state index < -0.39 is 0 Å². The van der Waals surface area contributed by atoms with Crippen molar-refractivity contribution in [1.82, 2.24) is 9.97 Å². The molecule has 0 bridgehead atoms. The fraction of sp³-hybridized carbons (Fsp3) is 0.667. The molecule has 0 fully saturated rings. The summed E-state index contributed by atoms with van der Waals surface area (Å²) in [6.45, 7) is 4.20. The molecule has 3 heteroatoms. The largest absolute Gasteiger partial charge is 0.345 e. The molecule has 0 radical (unpaired) electrons. The zero-order valence-corrected chi connectivity index (χ0v) is 9.24. The molecule has 1 aromatic heterocycles. The lowest BCUT2D eigenvalue weighted by molar-refractivity contribution is 0.707. The number of aromatic nitrogens is 2. The highest BCUT2D eigenvalue weighted by Gasteiger charge is 2.03. The molecule has 0 atom stereocenters. The van der Waals surface area contributed by atoms with Crippen molar-refractivity contribution in [3.05, 3.63) is 16.1 Å². The van der Waals surface area contributed by atoms with Crippen LogP contribution in [0.25, 0.3) is 0 Å². The number of hydrogen-bond acceptors (Lipinski definition) is 1. The molecule has 0 unspecified atom stereocenters.